The molecule has 0 atom stereocenters. The number of hydrazone groups is 1. The van der Waals surface area contributed by atoms with Gasteiger partial charge in [-0.2, -0.15) is 5.10 Å². The van der Waals surface area contributed by atoms with Gasteiger partial charge >= 0.3 is 17.5 Å². The summed E-state index contributed by atoms with van der Waals surface area (Å²) in [6.07, 6.45) is 1.78. The number of phenols is 1. The molecule has 10 nitrogen and oxygen atoms in total. The van der Waals surface area contributed by atoms with Crippen LogP contribution in [0.15, 0.2) is 41.5 Å². The molecule has 0 saturated heterocycles. The lowest BCUT2D eigenvalue weighted by Crippen LogP contribution is -2.32. The van der Waals surface area contributed by atoms with Crippen molar-refractivity contribution in [2.24, 2.45) is 5.10 Å². The second kappa shape index (κ2) is 9.83. The summed E-state index contributed by atoms with van der Waals surface area (Å²) in [6.45, 7) is 3.76. The van der Waals surface area contributed by atoms with Gasteiger partial charge in [-0.05, 0) is 31.0 Å². The van der Waals surface area contributed by atoms with Crippen molar-refractivity contribution in [3.05, 3.63) is 57.6 Å². The van der Waals surface area contributed by atoms with Crippen LogP contribution in [0.1, 0.15) is 25.0 Å². The summed E-state index contributed by atoms with van der Waals surface area (Å²) in [5.41, 5.74) is 3.06. The standard InChI is InChI=1S/C19H20N4O6/c1-3-13-7-5-6-8-14(13)21-18(25)19(26)22-20-11-12-9-15(23(27)28)17(24)16(10-12)29-4-2/h5-11,24H,3-4H2,1-2H3,(H,21,25)(H,22,26)/b20-11-. The van der Waals surface area contributed by atoms with Gasteiger partial charge in [0.15, 0.2) is 5.75 Å². The van der Waals surface area contributed by atoms with E-state index in [1.54, 1.807) is 19.1 Å². The summed E-state index contributed by atoms with van der Waals surface area (Å²) in [7, 11) is 0. The van der Waals surface area contributed by atoms with Crippen LogP contribution in [-0.4, -0.2) is 34.7 Å². The molecule has 0 saturated carbocycles. The summed E-state index contributed by atoms with van der Waals surface area (Å²) < 4.78 is 5.15. The summed E-state index contributed by atoms with van der Waals surface area (Å²) in [5.74, 6) is -2.62. The van der Waals surface area contributed by atoms with E-state index in [1.165, 1.54) is 6.07 Å². The number of nitro benzene ring substituents is 1. The maximum atomic E-state index is 12.0. The molecule has 0 aliphatic rings. The number of rotatable bonds is 7. The zero-order chi connectivity index (χ0) is 21.4. The number of aromatic hydroxyl groups is 1. The number of para-hydroxylation sites is 1. The lowest BCUT2D eigenvalue weighted by Gasteiger charge is -2.08. The van der Waals surface area contributed by atoms with Gasteiger partial charge in [0, 0.05) is 17.3 Å². The number of ether oxygens (including phenoxy) is 1. The van der Waals surface area contributed by atoms with Gasteiger partial charge < -0.3 is 15.2 Å². The average molecular weight is 400 g/mol. The summed E-state index contributed by atoms with van der Waals surface area (Å²) in [5, 5.41) is 27.0. The van der Waals surface area contributed by atoms with Gasteiger partial charge in [-0.15, -0.1) is 0 Å². The van der Waals surface area contributed by atoms with Crippen LogP contribution < -0.4 is 15.5 Å². The van der Waals surface area contributed by atoms with E-state index >= 15 is 0 Å². The lowest BCUT2D eigenvalue weighted by atomic mass is 10.1. The number of carbonyl (C=O) groups is 2. The van der Waals surface area contributed by atoms with Crippen molar-refractivity contribution in [3.8, 4) is 11.5 Å². The van der Waals surface area contributed by atoms with Crippen molar-refractivity contribution in [2.75, 3.05) is 11.9 Å². The van der Waals surface area contributed by atoms with Gasteiger partial charge in [-0.1, -0.05) is 25.1 Å². The smallest absolute Gasteiger partial charge is 0.329 e. The van der Waals surface area contributed by atoms with Crippen LogP contribution in [0.5, 0.6) is 11.5 Å². The van der Waals surface area contributed by atoms with Gasteiger partial charge in [0.1, 0.15) is 0 Å². The third-order valence-corrected chi connectivity index (χ3v) is 3.81. The van der Waals surface area contributed by atoms with Crippen LogP contribution in [0.25, 0.3) is 0 Å². The number of anilines is 1. The van der Waals surface area contributed by atoms with Crippen LogP contribution >= 0.6 is 0 Å². The molecule has 152 valence electrons. The molecule has 10 heteroatoms. The number of benzene rings is 2. The number of nitrogens with zero attached hydrogens (tertiary/aromatic N) is 2. The maximum Gasteiger partial charge on any atom is 0.329 e. The Morgan fingerprint density at radius 3 is 2.62 bits per heavy atom. The van der Waals surface area contributed by atoms with E-state index in [0.29, 0.717) is 12.1 Å². The first-order chi connectivity index (χ1) is 13.9. The molecule has 0 radical (unpaired) electrons. The Kier molecular flexibility index (Phi) is 7.24. The SMILES string of the molecule is CCOc1cc(/C=N\NC(=O)C(=O)Nc2ccccc2CC)cc([N+](=O)[O-])c1O. The second-order valence-electron chi connectivity index (χ2n) is 5.74. The van der Waals surface area contributed by atoms with Crippen molar-refractivity contribution >= 4 is 29.4 Å². The van der Waals surface area contributed by atoms with E-state index in [4.69, 9.17) is 4.74 Å². The predicted molar refractivity (Wildman–Crippen MR) is 106 cm³/mol. The molecule has 2 aromatic carbocycles. The fraction of sp³-hybridized carbons (Fsp3) is 0.211. The van der Waals surface area contributed by atoms with Crippen LogP contribution in [-0.2, 0) is 16.0 Å². The summed E-state index contributed by atoms with van der Waals surface area (Å²) in [4.78, 5) is 34.2. The maximum absolute atomic E-state index is 12.0. The van der Waals surface area contributed by atoms with Gasteiger partial charge in [0.25, 0.3) is 0 Å². The number of hydrogen-bond donors (Lipinski definition) is 3. The molecule has 0 heterocycles. The van der Waals surface area contributed by atoms with Gasteiger partial charge in [0.2, 0.25) is 5.75 Å². The highest BCUT2D eigenvalue weighted by Gasteiger charge is 2.20. The molecule has 0 unspecified atom stereocenters. The number of hydrogen-bond acceptors (Lipinski definition) is 7. The highest BCUT2D eigenvalue weighted by Crippen LogP contribution is 2.36. The number of nitrogens with one attached hydrogen (secondary N) is 2. The van der Waals surface area contributed by atoms with E-state index in [1.807, 2.05) is 24.5 Å². The second-order valence-corrected chi connectivity index (χ2v) is 5.74. The fourth-order valence-electron chi connectivity index (χ4n) is 2.44. The molecule has 29 heavy (non-hydrogen) atoms. The van der Waals surface area contributed by atoms with Crippen molar-refractivity contribution in [3.63, 3.8) is 0 Å². The van der Waals surface area contributed by atoms with Gasteiger partial charge in [-0.3, -0.25) is 19.7 Å². The van der Waals surface area contributed by atoms with E-state index in [2.05, 4.69) is 10.4 Å². The van der Waals surface area contributed by atoms with Gasteiger partial charge in [-0.25, -0.2) is 5.43 Å². The molecule has 2 amide bonds. The molecular weight excluding hydrogens is 380 g/mol. The number of carbonyl (C=O) groups excluding carboxylic acids is 2. The third kappa shape index (κ3) is 5.51. The van der Waals surface area contributed by atoms with Crippen LogP contribution in [0.2, 0.25) is 0 Å². The average Bonchev–Trinajstić information content (AvgIpc) is 2.70. The highest BCUT2D eigenvalue weighted by molar-refractivity contribution is 6.39. The van der Waals surface area contributed by atoms with Crippen LogP contribution in [0.3, 0.4) is 0 Å². The number of aryl methyl sites for hydroxylation is 1. The Labute approximate surface area is 166 Å². The molecular formula is C19H20N4O6. The number of phenolic OH excluding ortho intramolecular Hbond substituents is 1. The zero-order valence-electron chi connectivity index (χ0n) is 15.8. The Bertz CT molecular complexity index is 958. The normalized spacial score (nSPS) is 10.6. The van der Waals surface area contributed by atoms with E-state index in [0.717, 1.165) is 17.8 Å². The van der Waals surface area contributed by atoms with Crippen molar-refractivity contribution in [1.82, 2.24) is 5.43 Å². The lowest BCUT2D eigenvalue weighted by molar-refractivity contribution is -0.386. The molecule has 0 bridgehead atoms. The molecule has 0 aliphatic heterocycles. The van der Waals surface area contributed by atoms with Crippen LogP contribution in [0.4, 0.5) is 11.4 Å². The number of amides is 2. The van der Waals surface area contributed by atoms with Crippen molar-refractivity contribution < 1.29 is 24.4 Å². The monoisotopic (exact) mass is 400 g/mol. The summed E-state index contributed by atoms with van der Waals surface area (Å²) in [6, 6.07) is 9.45. The predicted octanol–water partition coefficient (Wildman–Crippen LogP) is 2.35. The molecule has 3 N–H and O–H groups in total. The van der Waals surface area contributed by atoms with E-state index in [9.17, 15) is 24.8 Å². The van der Waals surface area contributed by atoms with Gasteiger partial charge in [0.05, 0.1) is 17.7 Å². The molecule has 0 aliphatic carbocycles. The first kappa shape index (κ1) is 21.4. The Morgan fingerprint density at radius 1 is 1.24 bits per heavy atom. The third-order valence-electron chi connectivity index (χ3n) is 3.81. The largest absolute Gasteiger partial charge is 0.500 e. The van der Waals surface area contributed by atoms with Crippen LogP contribution in [0, 0.1) is 10.1 Å². The molecule has 0 aromatic heterocycles. The Balaban J connectivity index is 2.09. The minimum absolute atomic E-state index is 0.0941. The van der Waals surface area contributed by atoms with Crippen molar-refractivity contribution in [2.45, 2.75) is 20.3 Å². The topological polar surface area (TPSA) is 143 Å². The van der Waals surface area contributed by atoms with E-state index < -0.39 is 28.2 Å². The minimum atomic E-state index is -1.01. The minimum Gasteiger partial charge on any atom is -0.500 e. The molecule has 2 aromatic rings. The van der Waals surface area contributed by atoms with E-state index in [-0.39, 0.29) is 17.9 Å². The summed E-state index contributed by atoms with van der Waals surface area (Å²) >= 11 is 0. The fourth-order valence-corrected chi connectivity index (χ4v) is 2.44. The quantitative estimate of drug-likeness (QED) is 0.282. The first-order valence-electron chi connectivity index (χ1n) is 8.73. The first-order valence-corrected chi connectivity index (χ1v) is 8.73. The molecule has 0 spiro atoms. The number of nitro groups is 1. The Hall–Kier alpha value is -3.95. The zero-order valence-corrected chi connectivity index (χ0v) is 15.8. The van der Waals surface area contributed by atoms with Crippen molar-refractivity contribution in [1.29, 1.82) is 0 Å². The Morgan fingerprint density at radius 2 is 1.97 bits per heavy atom. The molecule has 0 fully saturated rings. The highest BCUT2D eigenvalue weighted by atomic mass is 16.6. The molecule has 2 rings (SSSR count).